The molecule has 0 spiro atoms. The van der Waals surface area contributed by atoms with E-state index >= 15 is 0 Å². The van der Waals surface area contributed by atoms with E-state index in [1.165, 1.54) is 76.6 Å². The molecule has 0 aliphatic rings. The van der Waals surface area contributed by atoms with E-state index in [-0.39, 0.29) is 0 Å². The molecule has 0 N–H and O–H groups in total. The second-order valence-corrected chi connectivity index (χ2v) is 15.8. The molecule has 61 heavy (non-hydrogen) atoms. The summed E-state index contributed by atoms with van der Waals surface area (Å²) >= 11 is 0. The molecule has 286 valence electrons. The van der Waals surface area contributed by atoms with Gasteiger partial charge in [-0.25, -0.2) is 0 Å². The Kier molecular flexibility index (Phi) is 8.17. The number of para-hydroxylation sites is 3. The SMILES string of the molecule is c1ccc(-c2ccc(N(c3ccc(-c4ccccc4)cc3)c3ccc4cc(-n5c6ccccc6c6ccc7c(c8ccccc8n7-c7ccccc7)c65)ccc4c3)cc2)cc1. The Morgan fingerprint density at radius 1 is 0.279 bits per heavy atom. The van der Waals surface area contributed by atoms with Crippen LogP contribution in [-0.2, 0) is 0 Å². The topological polar surface area (TPSA) is 13.1 Å². The second kappa shape index (κ2) is 14.3. The van der Waals surface area contributed by atoms with E-state index in [1.807, 2.05) is 0 Å². The van der Waals surface area contributed by atoms with Crippen LogP contribution in [0.15, 0.2) is 237 Å². The van der Waals surface area contributed by atoms with Crippen molar-refractivity contribution in [3.8, 4) is 33.6 Å². The first-order valence-corrected chi connectivity index (χ1v) is 20.9. The molecule has 0 aliphatic carbocycles. The zero-order valence-corrected chi connectivity index (χ0v) is 33.4. The quantitative estimate of drug-likeness (QED) is 0.157. The van der Waals surface area contributed by atoms with Crippen molar-refractivity contribution in [2.75, 3.05) is 4.90 Å². The summed E-state index contributed by atoms with van der Waals surface area (Å²) in [5.41, 5.74) is 15.2. The Bertz CT molecular complexity index is 3460. The van der Waals surface area contributed by atoms with Crippen LogP contribution in [0.25, 0.3) is 88.0 Å². The van der Waals surface area contributed by atoms with Crippen molar-refractivity contribution < 1.29 is 0 Å². The standard InChI is InChI=1S/C58H39N3/c1-4-14-40(15-5-1)42-24-30-47(31-25-42)59(48-32-26-43(27-33-48)41-16-6-2-7-17-41)49-34-28-45-39-50(35-29-44(45)38-49)61-54-22-12-10-20-51(54)52-36-37-56-57(58(52)61)53-21-11-13-23-55(53)60(56)46-18-8-3-9-19-46/h1-39H. The molecule has 0 atom stereocenters. The summed E-state index contributed by atoms with van der Waals surface area (Å²) in [6.07, 6.45) is 0. The Balaban J connectivity index is 1.01. The Hall–Kier alpha value is -8.14. The van der Waals surface area contributed by atoms with Crippen LogP contribution in [0.2, 0.25) is 0 Å². The summed E-state index contributed by atoms with van der Waals surface area (Å²) in [5.74, 6) is 0. The zero-order chi connectivity index (χ0) is 40.3. The fraction of sp³-hybridized carbons (Fsp3) is 0. The first-order valence-electron chi connectivity index (χ1n) is 20.9. The first kappa shape index (κ1) is 34.9. The molecule has 12 aromatic rings. The summed E-state index contributed by atoms with van der Waals surface area (Å²) in [6, 6.07) is 85.8. The van der Waals surface area contributed by atoms with Gasteiger partial charge in [-0.05, 0) is 112 Å². The number of aromatic nitrogens is 2. The molecule has 0 saturated carbocycles. The minimum Gasteiger partial charge on any atom is -0.310 e. The molecule has 0 unspecified atom stereocenters. The number of benzene rings is 10. The van der Waals surface area contributed by atoms with Gasteiger partial charge in [0, 0.05) is 50.0 Å². The number of hydrogen-bond donors (Lipinski definition) is 0. The van der Waals surface area contributed by atoms with Crippen molar-refractivity contribution in [3.05, 3.63) is 237 Å². The highest BCUT2D eigenvalue weighted by Gasteiger charge is 2.21. The summed E-state index contributed by atoms with van der Waals surface area (Å²) in [6.45, 7) is 0. The summed E-state index contributed by atoms with van der Waals surface area (Å²) in [7, 11) is 0. The van der Waals surface area contributed by atoms with Gasteiger partial charge < -0.3 is 14.0 Å². The molecule has 0 aliphatic heterocycles. The van der Waals surface area contributed by atoms with Gasteiger partial charge in [0.2, 0.25) is 0 Å². The van der Waals surface area contributed by atoms with E-state index in [9.17, 15) is 0 Å². The molecule has 3 nitrogen and oxygen atoms in total. The molecule has 12 rings (SSSR count). The third kappa shape index (κ3) is 5.82. The number of fused-ring (bicyclic) bond motifs is 8. The molecule has 2 aromatic heterocycles. The molecule has 0 radical (unpaired) electrons. The maximum atomic E-state index is 2.48. The van der Waals surface area contributed by atoms with Crippen molar-refractivity contribution in [3.63, 3.8) is 0 Å². The van der Waals surface area contributed by atoms with Gasteiger partial charge in [0.1, 0.15) is 0 Å². The molecule has 10 aromatic carbocycles. The molecule has 0 fully saturated rings. The summed E-state index contributed by atoms with van der Waals surface area (Å²) in [5, 5.41) is 7.37. The Labute approximate surface area is 354 Å². The molecular weight excluding hydrogens is 739 g/mol. The lowest BCUT2D eigenvalue weighted by Crippen LogP contribution is -2.09. The van der Waals surface area contributed by atoms with Crippen LogP contribution in [-0.4, -0.2) is 9.13 Å². The van der Waals surface area contributed by atoms with E-state index in [2.05, 4.69) is 251 Å². The average molecular weight is 778 g/mol. The van der Waals surface area contributed by atoms with E-state index in [0.717, 1.165) is 28.4 Å². The maximum absolute atomic E-state index is 2.48. The minimum absolute atomic E-state index is 1.10. The second-order valence-electron chi connectivity index (χ2n) is 15.8. The molecule has 0 amide bonds. The molecule has 3 heteroatoms. The number of anilines is 3. The predicted octanol–water partition coefficient (Wildman–Crippen LogP) is 15.8. The smallest absolute Gasteiger partial charge is 0.0641 e. The van der Waals surface area contributed by atoms with Gasteiger partial charge in [0.15, 0.2) is 0 Å². The Morgan fingerprint density at radius 2 is 0.770 bits per heavy atom. The lowest BCUT2D eigenvalue weighted by molar-refractivity contribution is 1.18. The monoisotopic (exact) mass is 777 g/mol. The molecule has 0 bridgehead atoms. The lowest BCUT2D eigenvalue weighted by atomic mass is 10.0. The van der Waals surface area contributed by atoms with Crippen molar-refractivity contribution in [2.24, 2.45) is 0 Å². The third-order valence-electron chi connectivity index (χ3n) is 12.3. The van der Waals surface area contributed by atoms with Gasteiger partial charge in [-0.1, -0.05) is 158 Å². The zero-order valence-electron chi connectivity index (χ0n) is 33.4. The largest absolute Gasteiger partial charge is 0.310 e. The van der Waals surface area contributed by atoms with Crippen LogP contribution in [0.1, 0.15) is 0 Å². The van der Waals surface area contributed by atoms with E-state index in [0.29, 0.717) is 0 Å². The van der Waals surface area contributed by atoms with Gasteiger partial charge >= 0.3 is 0 Å². The fourth-order valence-electron chi connectivity index (χ4n) is 9.45. The van der Waals surface area contributed by atoms with E-state index < -0.39 is 0 Å². The van der Waals surface area contributed by atoms with E-state index in [4.69, 9.17) is 0 Å². The van der Waals surface area contributed by atoms with E-state index in [1.54, 1.807) is 0 Å². The highest BCUT2D eigenvalue weighted by molar-refractivity contribution is 6.26. The molecular formula is C58H39N3. The normalized spacial score (nSPS) is 11.6. The lowest BCUT2D eigenvalue weighted by Gasteiger charge is -2.26. The fourth-order valence-corrected chi connectivity index (χ4v) is 9.45. The van der Waals surface area contributed by atoms with Crippen LogP contribution in [0.3, 0.4) is 0 Å². The maximum Gasteiger partial charge on any atom is 0.0641 e. The summed E-state index contributed by atoms with van der Waals surface area (Å²) < 4.78 is 4.89. The molecule has 0 saturated heterocycles. The first-order chi connectivity index (χ1) is 30.3. The van der Waals surface area contributed by atoms with Crippen molar-refractivity contribution >= 4 is 71.4 Å². The van der Waals surface area contributed by atoms with Gasteiger partial charge in [-0.2, -0.15) is 0 Å². The predicted molar refractivity (Wildman–Crippen MR) is 258 cm³/mol. The van der Waals surface area contributed by atoms with Crippen LogP contribution in [0.4, 0.5) is 17.1 Å². The van der Waals surface area contributed by atoms with Crippen LogP contribution >= 0.6 is 0 Å². The Morgan fingerprint density at radius 3 is 1.41 bits per heavy atom. The van der Waals surface area contributed by atoms with Crippen LogP contribution in [0.5, 0.6) is 0 Å². The number of nitrogens with zero attached hydrogens (tertiary/aromatic N) is 3. The van der Waals surface area contributed by atoms with Crippen molar-refractivity contribution in [2.45, 2.75) is 0 Å². The number of rotatable bonds is 7. The minimum atomic E-state index is 1.10. The highest BCUT2D eigenvalue weighted by Crippen LogP contribution is 2.43. The number of hydrogen-bond acceptors (Lipinski definition) is 1. The van der Waals surface area contributed by atoms with Gasteiger partial charge in [-0.3, -0.25) is 0 Å². The van der Waals surface area contributed by atoms with Crippen molar-refractivity contribution in [1.29, 1.82) is 0 Å². The van der Waals surface area contributed by atoms with Crippen LogP contribution in [0, 0.1) is 0 Å². The van der Waals surface area contributed by atoms with Gasteiger partial charge in [0.25, 0.3) is 0 Å². The highest BCUT2D eigenvalue weighted by atomic mass is 15.1. The van der Waals surface area contributed by atoms with Gasteiger partial charge in [0.05, 0.1) is 22.1 Å². The van der Waals surface area contributed by atoms with Gasteiger partial charge in [-0.15, -0.1) is 0 Å². The average Bonchev–Trinajstić information content (AvgIpc) is 3.86. The summed E-state index contributed by atoms with van der Waals surface area (Å²) in [4.78, 5) is 2.36. The molecule has 2 heterocycles. The third-order valence-corrected chi connectivity index (χ3v) is 12.3. The van der Waals surface area contributed by atoms with Crippen LogP contribution < -0.4 is 4.90 Å². The van der Waals surface area contributed by atoms with Crippen molar-refractivity contribution in [1.82, 2.24) is 9.13 Å².